The van der Waals surface area contributed by atoms with Crippen LogP contribution in [-0.4, -0.2) is 24.8 Å². The zero-order chi connectivity index (χ0) is 13.4. The van der Waals surface area contributed by atoms with Crippen LogP contribution in [-0.2, 0) is 20.7 Å². The number of hydrogen-bond acceptors (Lipinski definition) is 3. The molecule has 0 spiro atoms. The molecule has 3 heteroatoms. The summed E-state index contributed by atoms with van der Waals surface area (Å²) < 4.78 is 10.6. The molecule has 0 aliphatic rings. The Hall–Kier alpha value is -1.35. The van der Waals surface area contributed by atoms with Gasteiger partial charge in [0.2, 0.25) is 0 Å². The van der Waals surface area contributed by atoms with E-state index in [0.717, 1.165) is 6.42 Å². The maximum atomic E-state index is 11.4. The van der Waals surface area contributed by atoms with Crippen molar-refractivity contribution in [3.63, 3.8) is 0 Å². The molecule has 0 radical (unpaired) electrons. The average molecular weight is 250 g/mol. The summed E-state index contributed by atoms with van der Waals surface area (Å²) in [5, 5.41) is 0. The number of carbonyl (C=O) groups excluding carboxylic acids is 1. The molecule has 0 saturated heterocycles. The molecule has 1 aromatic rings. The lowest BCUT2D eigenvalue weighted by atomic mass is 10.2. The third kappa shape index (κ3) is 7.07. The minimum atomic E-state index is -0.416. The van der Waals surface area contributed by atoms with Gasteiger partial charge in [-0.1, -0.05) is 30.3 Å². The van der Waals surface area contributed by atoms with Gasteiger partial charge < -0.3 is 9.47 Å². The number of rotatable bonds is 6. The van der Waals surface area contributed by atoms with Gasteiger partial charge in [0.05, 0.1) is 19.6 Å². The Morgan fingerprint density at radius 2 is 1.78 bits per heavy atom. The van der Waals surface area contributed by atoms with E-state index in [1.54, 1.807) is 0 Å². The highest BCUT2D eigenvalue weighted by atomic mass is 16.6. The number of benzene rings is 1. The molecule has 1 aromatic carbocycles. The molecule has 1 rings (SSSR count). The molecular formula is C15H22O3. The van der Waals surface area contributed by atoms with Gasteiger partial charge >= 0.3 is 5.97 Å². The van der Waals surface area contributed by atoms with Crippen molar-refractivity contribution in [2.75, 3.05) is 13.2 Å². The van der Waals surface area contributed by atoms with Crippen molar-refractivity contribution in [1.82, 2.24) is 0 Å². The zero-order valence-corrected chi connectivity index (χ0v) is 11.4. The molecule has 0 unspecified atom stereocenters. The normalized spacial score (nSPS) is 11.3. The van der Waals surface area contributed by atoms with Gasteiger partial charge in [-0.25, -0.2) is 0 Å². The zero-order valence-electron chi connectivity index (χ0n) is 11.4. The van der Waals surface area contributed by atoms with Gasteiger partial charge in [-0.2, -0.15) is 0 Å². The van der Waals surface area contributed by atoms with Crippen LogP contribution in [0.2, 0.25) is 0 Å². The molecule has 0 N–H and O–H groups in total. The van der Waals surface area contributed by atoms with Gasteiger partial charge in [0.25, 0.3) is 0 Å². The van der Waals surface area contributed by atoms with E-state index in [9.17, 15) is 4.79 Å². The molecule has 18 heavy (non-hydrogen) atoms. The van der Waals surface area contributed by atoms with Gasteiger partial charge in [0, 0.05) is 0 Å². The Kier molecular flexibility index (Phi) is 5.86. The van der Waals surface area contributed by atoms with Crippen LogP contribution in [0.3, 0.4) is 0 Å². The lowest BCUT2D eigenvalue weighted by Gasteiger charge is -2.19. The van der Waals surface area contributed by atoms with Crippen LogP contribution in [0.25, 0.3) is 0 Å². The average Bonchev–Trinajstić information content (AvgIpc) is 2.27. The Labute approximate surface area is 109 Å². The molecule has 100 valence electrons. The number of carbonyl (C=O) groups is 1. The fraction of sp³-hybridized carbons (Fsp3) is 0.533. The fourth-order valence-electron chi connectivity index (χ4n) is 1.48. The second-order valence-electron chi connectivity index (χ2n) is 5.18. The molecule has 0 fully saturated rings. The van der Waals surface area contributed by atoms with Gasteiger partial charge in [0.15, 0.2) is 0 Å². The quantitative estimate of drug-likeness (QED) is 0.575. The second kappa shape index (κ2) is 7.17. The molecule has 0 saturated carbocycles. The van der Waals surface area contributed by atoms with Crippen molar-refractivity contribution in [3.8, 4) is 0 Å². The SMILES string of the molecule is CC(C)(C)OC(=O)CCOCCc1ccccc1. The summed E-state index contributed by atoms with van der Waals surface area (Å²) in [6.07, 6.45) is 1.18. The predicted molar refractivity (Wildman–Crippen MR) is 71.4 cm³/mol. The van der Waals surface area contributed by atoms with Crippen LogP contribution >= 0.6 is 0 Å². The molecule has 0 aliphatic carbocycles. The minimum absolute atomic E-state index is 0.206. The van der Waals surface area contributed by atoms with Crippen molar-refractivity contribution in [3.05, 3.63) is 35.9 Å². The van der Waals surface area contributed by atoms with Crippen molar-refractivity contribution in [2.24, 2.45) is 0 Å². The van der Waals surface area contributed by atoms with E-state index in [1.807, 2.05) is 39.0 Å². The Morgan fingerprint density at radius 3 is 2.39 bits per heavy atom. The number of esters is 1. The van der Waals surface area contributed by atoms with Crippen LogP contribution in [0.15, 0.2) is 30.3 Å². The lowest BCUT2D eigenvalue weighted by molar-refractivity contribution is -0.156. The van der Waals surface area contributed by atoms with Gasteiger partial charge in [0.1, 0.15) is 5.60 Å². The molecule has 3 nitrogen and oxygen atoms in total. The van der Waals surface area contributed by atoms with Crippen molar-refractivity contribution in [2.45, 2.75) is 39.2 Å². The maximum Gasteiger partial charge on any atom is 0.308 e. The molecule has 0 aromatic heterocycles. The lowest BCUT2D eigenvalue weighted by Crippen LogP contribution is -2.24. The van der Waals surface area contributed by atoms with E-state index in [-0.39, 0.29) is 5.97 Å². The van der Waals surface area contributed by atoms with E-state index < -0.39 is 5.60 Å². The summed E-state index contributed by atoms with van der Waals surface area (Å²) >= 11 is 0. The predicted octanol–water partition coefficient (Wildman–Crippen LogP) is 2.98. The van der Waals surface area contributed by atoms with E-state index in [0.29, 0.717) is 19.6 Å². The van der Waals surface area contributed by atoms with E-state index >= 15 is 0 Å². The highest BCUT2D eigenvalue weighted by molar-refractivity contribution is 5.69. The van der Waals surface area contributed by atoms with Gasteiger partial charge in [-0.05, 0) is 32.8 Å². The third-order valence-corrected chi connectivity index (χ3v) is 2.25. The van der Waals surface area contributed by atoms with Crippen LogP contribution in [0.1, 0.15) is 32.8 Å². The molecule has 0 bridgehead atoms. The van der Waals surface area contributed by atoms with Crippen LogP contribution < -0.4 is 0 Å². The number of hydrogen-bond donors (Lipinski definition) is 0. The molecule has 0 atom stereocenters. The Balaban J connectivity index is 2.07. The Bertz CT molecular complexity index is 352. The maximum absolute atomic E-state index is 11.4. The van der Waals surface area contributed by atoms with Crippen LogP contribution in [0.4, 0.5) is 0 Å². The van der Waals surface area contributed by atoms with Crippen molar-refractivity contribution in [1.29, 1.82) is 0 Å². The molecule has 0 heterocycles. The monoisotopic (exact) mass is 250 g/mol. The topological polar surface area (TPSA) is 35.5 Å². The van der Waals surface area contributed by atoms with Gasteiger partial charge in [-0.15, -0.1) is 0 Å². The summed E-state index contributed by atoms with van der Waals surface area (Å²) in [4.78, 5) is 11.4. The standard InChI is InChI=1S/C15H22O3/c1-15(2,3)18-14(16)10-12-17-11-9-13-7-5-4-6-8-13/h4-8H,9-12H2,1-3H3. The van der Waals surface area contributed by atoms with Crippen LogP contribution in [0.5, 0.6) is 0 Å². The molecule has 0 aliphatic heterocycles. The first kappa shape index (κ1) is 14.7. The minimum Gasteiger partial charge on any atom is -0.460 e. The van der Waals surface area contributed by atoms with Gasteiger partial charge in [-0.3, -0.25) is 4.79 Å². The number of ether oxygens (including phenoxy) is 2. The summed E-state index contributed by atoms with van der Waals surface area (Å²) in [7, 11) is 0. The van der Waals surface area contributed by atoms with E-state index in [2.05, 4.69) is 12.1 Å². The van der Waals surface area contributed by atoms with Crippen molar-refractivity contribution >= 4 is 5.97 Å². The van der Waals surface area contributed by atoms with E-state index in [1.165, 1.54) is 5.56 Å². The van der Waals surface area contributed by atoms with E-state index in [4.69, 9.17) is 9.47 Å². The highest BCUT2D eigenvalue weighted by Gasteiger charge is 2.15. The highest BCUT2D eigenvalue weighted by Crippen LogP contribution is 2.08. The largest absolute Gasteiger partial charge is 0.460 e. The first-order chi connectivity index (χ1) is 8.47. The first-order valence-corrected chi connectivity index (χ1v) is 6.31. The third-order valence-electron chi connectivity index (χ3n) is 2.25. The summed E-state index contributed by atoms with van der Waals surface area (Å²) in [6, 6.07) is 10.1. The van der Waals surface area contributed by atoms with Crippen LogP contribution in [0, 0.1) is 0 Å². The fourth-order valence-corrected chi connectivity index (χ4v) is 1.48. The Morgan fingerprint density at radius 1 is 1.11 bits per heavy atom. The molecule has 0 amide bonds. The first-order valence-electron chi connectivity index (χ1n) is 6.31. The molecular weight excluding hydrogens is 228 g/mol. The summed E-state index contributed by atoms with van der Waals surface area (Å²) in [5.74, 6) is -0.206. The summed E-state index contributed by atoms with van der Waals surface area (Å²) in [6.45, 7) is 6.64. The smallest absolute Gasteiger partial charge is 0.308 e. The second-order valence-corrected chi connectivity index (χ2v) is 5.18. The summed E-state index contributed by atoms with van der Waals surface area (Å²) in [5.41, 5.74) is 0.830. The van der Waals surface area contributed by atoms with Crippen molar-refractivity contribution < 1.29 is 14.3 Å².